The molecule has 0 aliphatic carbocycles. The van der Waals surface area contributed by atoms with Gasteiger partial charge in [-0.25, -0.2) is 8.78 Å². The van der Waals surface area contributed by atoms with E-state index in [0.717, 1.165) is 31.5 Å². The molecule has 38 heavy (non-hydrogen) atoms. The van der Waals surface area contributed by atoms with E-state index < -0.39 is 35.2 Å². The fraction of sp³-hybridized carbons (Fsp3) is 0.483. The van der Waals surface area contributed by atoms with Crippen molar-refractivity contribution in [3.63, 3.8) is 0 Å². The number of halogens is 4. The minimum Gasteiger partial charge on any atom is -0.352 e. The molecule has 2 saturated heterocycles. The summed E-state index contributed by atoms with van der Waals surface area (Å²) in [6.07, 6.45) is 3.63. The summed E-state index contributed by atoms with van der Waals surface area (Å²) < 4.78 is 31.3. The van der Waals surface area contributed by atoms with Crippen molar-refractivity contribution >= 4 is 29.1 Å². The lowest BCUT2D eigenvalue weighted by Gasteiger charge is -2.37. The molecule has 4 atom stereocenters. The van der Waals surface area contributed by atoms with Crippen molar-refractivity contribution in [2.24, 2.45) is 5.73 Å². The quantitative estimate of drug-likeness (QED) is 0.457. The number of benzene rings is 2. The molecule has 0 radical (unpaired) electrons. The standard InChI is InChI=1S/C29H36Cl2F2N4O/c1-17(2)10-15-37-18(3)29(34,22-9-8-19(30)16-24(22)32)25(21-6-5-7-23(31)26(21)33)27(37)28(38)35-20-11-13-36(4)14-12-20/h5-10,16,18,20,25,27H,11-15,34H2,1-4H3,(H,35,38)/t18-,25+,27-,29+/m1/s1. The number of hydrogen-bond acceptors (Lipinski definition) is 4. The Balaban J connectivity index is 1.89. The zero-order valence-electron chi connectivity index (χ0n) is 22.3. The first-order valence-electron chi connectivity index (χ1n) is 13.0. The lowest BCUT2D eigenvalue weighted by Crippen LogP contribution is -2.52. The van der Waals surface area contributed by atoms with Crippen LogP contribution in [0, 0.1) is 11.6 Å². The number of piperidine rings is 1. The molecule has 2 aliphatic heterocycles. The predicted octanol–water partition coefficient (Wildman–Crippen LogP) is 5.46. The average Bonchev–Trinajstić information content (AvgIpc) is 3.08. The lowest BCUT2D eigenvalue weighted by molar-refractivity contribution is -0.127. The summed E-state index contributed by atoms with van der Waals surface area (Å²) >= 11 is 12.3. The largest absolute Gasteiger partial charge is 0.352 e. The van der Waals surface area contributed by atoms with Gasteiger partial charge in [0, 0.05) is 35.1 Å². The molecule has 4 rings (SSSR count). The number of carbonyl (C=O) groups excluding carboxylic acids is 1. The highest BCUT2D eigenvalue weighted by Crippen LogP contribution is 2.51. The van der Waals surface area contributed by atoms with Gasteiger partial charge in [-0.1, -0.05) is 53.1 Å². The molecule has 2 aromatic rings. The highest BCUT2D eigenvalue weighted by molar-refractivity contribution is 6.31. The van der Waals surface area contributed by atoms with Gasteiger partial charge in [0.05, 0.1) is 16.6 Å². The molecular weight excluding hydrogens is 529 g/mol. The van der Waals surface area contributed by atoms with Gasteiger partial charge >= 0.3 is 0 Å². The number of amides is 1. The van der Waals surface area contributed by atoms with Crippen molar-refractivity contribution in [1.29, 1.82) is 0 Å². The molecule has 2 aliphatic rings. The topological polar surface area (TPSA) is 61.6 Å². The maximum atomic E-state index is 15.7. The molecule has 0 saturated carbocycles. The normalized spacial score (nSPS) is 26.9. The second-order valence-electron chi connectivity index (χ2n) is 10.9. The van der Waals surface area contributed by atoms with Gasteiger partial charge in [-0.3, -0.25) is 9.69 Å². The first kappa shape index (κ1) is 29.0. The van der Waals surface area contributed by atoms with Crippen LogP contribution in [0.2, 0.25) is 10.0 Å². The zero-order valence-corrected chi connectivity index (χ0v) is 23.8. The van der Waals surface area contributed by atoms with E-state index in [1.807, 2.05) is 31.7 Å². The fourth-order valence-electron chi connectivity index (χ4n) is 5.95. The summed E-state index contributed by atoms with van der Waals surface area (Å²) in [6.45, 7) is 7.94. The smallest absolute Gasteiger partial charge is 0.238 e. The van der Waals surface area contributed by atoms with Crippen LogP contribution in [0.15, 0.2) is 48.0 Å². The Morgan fingerprint density at radius 3 is 2.50 bits per heavy atom. The van der Waals surface area contributed by atoms with E-state index in [1.165, 1.54) is 12.1 Å². The number of nitrogens with two attached hydrogens (primary N) is 1. The van der Waals surface area contributed by atoms with Crippen LogP contribution in [0.1, 0.15) is 50.7 Å². The Labute approximate surface area is 233 Å². The third kappa shape index (κ3) is 5.50. The zero-order chi connectivity index (χ0) is 27.8. The number of nitrogens with zero attached hydrogens (tertiary/aromatic N) is 2. The van der Waals surface area contributed by atoms with Crippen LogP contribution in [0.3, 0.4) is 0 Å². The molecule has 5 nitrogen and oxygen atoms in total. The van der Waals surface area contributed by atoms with Gasteiger partial charge in [0.15, 0.2) is 0 Å². The van der Waals surface area contributed by atoms with Gasteiger partial charge in [0.1, 0.15) is 11.6 Å². The number of rotatable bonds is 6. The van der Waals surface area contributed by atoms with Gasteiger partial charge in [-0.2, -0.15) is 0 Å². The van der Waals surface area contributed by atoms with Crippen molar-refractivity contribution in [2.75, 3.05) is 26.7 Å². The summed E-state index contributed by atoms with van der Waals surface area (Å²) in [5, 5.41) is 3.36. The van der Waals surface area contributed by atoms with Crippen LogP contribution in [0.25, 0.3) is 0 Å². The summed E-state index contributed by atoms with van der Waals surface area (Å²) in [4.78, 5) is 18.3. The van der Waals surface area contributed by atoms with Crippen molar-refractivity contribution in [3.8, 4) is 0 Å². The Hall–Kier alpha value is -2.03. The predicted molar refractivity (Wildman–Crippen MR) is 149 cm³/mol. The van der Waals surface area contributed by atoms with Gasteiger partial charge in [0.25, 0.3) is 0 Å². The van der Waals surface area contributed by atoms with Crippen LogP contribution in [-0.4, -0.2) is 60.5 Å². The highest BCUT2D eigenvalue weighted by atomic mass is 35.5. The second-order valence-corrected chi connectivity index (χ2v) is 11.7. The third-order valence-corrected chi connectivity index (χ3v) is 8.66. The van der Waals surface area contributed by atoms with Crippen LogP contribution in [0.5, 0.6) is 0 Å². The van der Waals surface area contributed by atoms with Crippen LogP contribution in [0.4, 0.5) is 8.78 Å². The summed E-state index contributed by atoms with van der Waals surface area (Å²) in [5.74, 6) is -2.43. The van der Waals surface area contributed by atoms with Gasteiger partial charge < -0.3 is 16.0 Å². The number of carbonyl (C=O) groups is 1. The maximum Gasteiger partial charge on any atom is 0.238 e. The van der Waals surface area contributed by atoms with E-state index >= 15 is 8.78 Å². The highest BCUT2D eigenvalue weighted by Gasteiger charge is 2.60. The molecule has 9 heteroatoms. The van der Waals surface area contributed by atoms with Crippen molar-refractivity contribution < 1.29 is 13.6 Å². The number of hydrogen-bond donors (Lipinski definition) is 2. The van der Waals surface area contributed by atoms with Crippen molar-refractivity contribution in [1.82, 2.24) is 15.1 Å². The van der Waals surface area contributed by atoms with Crippen LogP contribution < -0.4 is 11.1 Å². The molecule has 2 aromatic carbocycles. The Bertz CT molecular complexity index is 1210. The molecule has 206 valence electrons. The monoisotopic (exact) mass is 564 g/mol. The Morgan fingerprint density at radius 1 is 1.18 bits per heavy atom. The first-order valence-corrected chi connectivity index (χ1v) is 13.8. The summed E-state index contributed by atoms with van der Waals surface area (Å²) in [6, 6.07) is 7.58. The van der Waals surface area contributed by atoms with E-state index in [0.29, 0.717) is 6.54 Å². The minimum atomic E-state index is -1.47. The van der Waals surface area contributed by atoms with E-state index in [-0.39, 0.29) is 33.1 Å². The lowest BCUT2D eigenvalue weighted by atomic mass is 9.71. The second kappa shape index (κ2) is 11.6. The minimum absolute atomic E-state index is 0.00999. The Kier molecular flexibility index (Phi) is 8.85. The van der Waals surface area contributed by atoms with Crippen LogP contribution in [-0.2, 0) is 10.3 Å². The number of likely N-dealkylation sites (tertiary alicyclic amines) is 2. The Morgan fingerprint density at radius 2 is 1.87 bits per heavy atom. The van der Waals surface area contributed by atoms with E-state index in [1.54, 1.807) is 24.3 Å². The SMILES string of the molecule is CC(C)=CCN1[C@@H](C(=O)NC2CCN(C)CC2)[C@H](c2cccc(Cl)c2F)[C@@](N)(c2ccc(Cl)cc2F)[C@H]1C. The summed E-state index contributed by atoms with van der Waals surface area (Å²) in [5.41, 5.74) is 7.16. The molecule has 2 heterocycles. The molecule has 2 fully saturated rings. The fourth-order valence-corrected chi connectivity index (χ4v) is 6.29. The number of nitrogens with one attached hydrogen (secondary N) is 1. The third-order valence-electron chi connectivity index (χ3n) is 8.13. The van der Waals surface area contributed by atoms with Crippen molar-refractivity contribution in [3.05, 3.63) is 80.9 Å². The van der Waals surface area contributed by atoms with Crippen LogP contribution >= 0.6 is 23.2 Å². The van der Waals surface area contributed by atoms with E-state index in [9.17, 15) is 4.79 Å². The first-order chi connectivity index (χ1) is 17.9. The van der Waals surface area contributed by atoms with Gasteiger partial charge in [-0.05, 0) is 77.5 Å². The van der Waals surface area contributed by atoms with E-state index in [4.69, 9.17) is 28.9 Å². The molecular formula is C29H36Cl2F2N4O. The average molecular weight is 566 g/mol. The van der Waals surface area contributed by atoms with E-state index in [2.05, 4.69) is 17.3 Å². The molecule has 0 bridgehead atoms. The molecule has 0 aromatic heterocycles. The molecule has 0 unspecified atom stereocenters. The molecule has 3 N–H and O–H groups in total. The molecule has 0 spiro atoms. The van der Waals surface area contributed by atoms with Crippen molar-refractivity contribution in [2.45, 2.75) is 63.2 Å². The van der Waals surface area contributed by atoms with Gasteiger partial charge in [-0.15, -0.1) is 0 Å². The molecule has 1 amide bonds. The van der Waals surface area contributed by atoms with Gasteiger partial charge in [0.2, 0.25) is 5.91 Å². The summed E-state index contributed by atoms with van der Waals surface area (Å²) in [7, 11) is 2.05. The maximum absolute atomic E-state index is 15.7. The number of allylic oxidation sites excluding steroid dienone is 1.